The summed E-state index contributed by atoms with van der Waals surface area (Å²) in [5.74, 6) is -0.925. The number of aromatic carboxylic acids is 1. The topological polar surface area (TPSA) is 55.1 Å². The Hall–Kier alpha value is -2.88. The van der Waals surface area contributed by atoms with Crippen molar-refractivity contribution >= 4 is 5.97 Å². The molecule has 4 rings (SSSR count). The van der Waals surface area contributed by atoms with Crippen LogP contribution in [0.4, 0.5) is 0 Å². The lowest BCUT2D eigenvalue weighted by Crippen LogP contribution is -2.00. The molecule has 23 heavy (non-hydrogen) atoms. The number of aromatic nitrogens is 2. The van der Waals surface area contributed by atoms with Gasteiger partial charge in [0.1, 0.15) is 0 Å². The van der Waals surface area contributed by atoms with Crippen molar-refractivity contribution in [3.8, 4) is 16.9 Å². The maximum atomic E-state index is 11.2. The summed E-state index contributed by atoms with van der Waals surface area (Å²) in [5, 5.41) is 13.9. The van der Waals surface area contributed by atoms with Crippen molar-refractivity contribution < 1.29 is 9.90 Å². The van der Waals surface area contributed by atoms with Crippen LogP contribution in [0.3, 0.4) is 0 Å². The number of hydrogen-bond acceptors (Lipinski definition) is 2. The molecule has 114 valence electrons. The van der Waals surface area contributed by atoms with E-state index in [0.29, 0.717) is 0 Å². The summed E-state index contributed by atoms with van der Waals surface area (Å²) in [6.07, 6.45) is 5.19. The third-order valence-electron chi connectivity index (χ3n) is 4.31. The molecule has 1 aromatic heterocycles. The third kappa shape index (κ3) is 2.42. The molecule has 1 aliphatic carbocycles. The van der Waals surface area contributed by atoms with Crippen LogP contribution in [0.5, 0.6) is 0 Å². The van der Waals surface area contributed by atoms with Crippen LogP contribution in [-0.4, -0.2) is 20.9 Å². The standard InChI is InChI=1S/C19H16N2O2/c22-19(23)14-7-4-9-16(11-14)21-12-15-8-3-6-13-5-1-2-10-17(13)18(15)20-21/h1-2,4-5,7,9-12H,3,6,8H2,(H,22,23). The number of carboxylic acid groups (broad SMARTS) is 1. The minimum absolute atomic E-state index is 0.272. The van der Waals surface area contributed by atoms with E-state index in [1.807, 2.05) is 18.3 Å². The van der Waals surface area contributed by atoms with E-state index in [1.54, 1.807) is 22.9 Å². The van der Waals surface area contributed by atoms with Gasteiger partial charge in [0.15, 0.2) is 0 Å². The van der Waals surface area contributed by atoms with Gasteiger partial charge in [0.2, 0.25) is 0 Å². The zero-order valence-electron chi connectivity index (χ0n) is 12.6. The SMILES string of the molecule is O=C(O)c1cccc(-n2cc3c(n2)-c2ccccc2CCC3)c1. The largest absolute Gasteiger partial charge is 0.478 e. The lowest BCUT2D eigenvalue weighted by Gasteiger charge is -2.05. The van der Waals surface area contributed by atoms with Crippen LogP contribution in [0.15, 0.2) is 54.7 Å². The Morgan fingerprint density at radius 3 is 2.74 bits per heavy atom. The molecular weight excluding hydrogens is 288 g/mol. The summed E-state index contributed by atoms with van der Waals surface area (Å²) >= 11 is 0. The van der Waals surface area contributed by atoms with Crippen molar-refractivity contribution in [2.24, 2.45) is 0 Å². The van der Waals surface area contributed by atoms with Gasteiger partial charge in [-0.15, -0.1) is 0 Å². The summed E-state index contributed by atoms with van der Waals surface area (Å²) in [4.78, 5) is 11.2. The van der Waals surface area contributed by atoms with Crippen molar-refractivity contribution in [3.63, 3.8) is 0 Å². The number of carbonyl (C=O) groups is 1. The fourth-order valence-corrected chi connectivity index (χ4v) is 3.17. The Bertz CT molecular complexity index is 896. The first-order valence-electron chi connectivity index (χ1n) is 7.73. The average Bonchev–Trinajstić information content (AvgIpc) is 2.92. The second kappa shape index (κ2) is 5.39. The van der Waals surface area contributed by atoms with E-state index < -0.39 is 5.97 Å². The molecular formula is C19H16N2O2. The molecule has 4 heteroatoms. The molecule has 0 unspecified atom stereocenters. The first-order valence-corrected chi connectivity index (χ1v) is 7.73. The van der Waals surface area contributed by atoms with Crippen molar-refractivity contribution in [2.75, 3.05) is 0 Å². The first-order chi connectivity index (χ1) is 11.2. The van der Waals surface area contributed by atoms with Gasteiger partial charge in [-0.05, 0) is 48.6 Å². The van der Waals surface area contributed by atoms with Gasteiger partial charge in [-0.3, -0.25) is 0 Å². The fraction of sp³-hybridized carbons (Fsp3) is 0.158. The van der Waals surface area contributed by atoms with Crippen molar-refractivity contribution in [3.05, 3.63) is 71.4 Å². The van der Waals surface area contributed by atoms with Gasteiger partial charge >= 0.3 is 5.97 Å². The highest BCUT2D eigenvalue weighted by atomic mass is 16.4. The number of rotatable bonds is 2. The number of nitrogens with zero attached hydrogens (tertiary/aromatic N) is 2. The van der Waals surface area contributed by atoms with E-state index in [1.165, 1.54) is 16.7 Å². The molecule has 0 fully saturated rings. The maximum Gasteiger partial charge on any atom is 0.335 e. The minimum Gasteiger partial charge on any atom is -0.478 e. The average molecular weight is 304 g/mol. The number of carboxylic acids is 1. The zero-order valence-corrected chi connectivity index (χ0v) is 12.6. The van der Waals surface area contributed by atoms with Crippen molar-refractivity contribution in [1.82, 2.24) is 9.78 Å². The summed E-state index contributed by atoms with van der Waals surface area (Å²) in [7, 11) is 0. The molecule has 1 N–H and O–H groups in total. The van der Waals surface area contributed by atoms with Crippen LogP contribution in [0.2, 0.25) is 0 Å². The summed E-state index contributed by atoms with van der Waals surface area (Å²) in [5.41, 5.74) is 5.79. The molecule has 0 bridgehead atoms. The molecule has 0 aliphatic heterocycles. The van der Waals surface area contributed by atoms with Gasteiger partial charge in [0.05, 0.1) is 16.9 Å². The van der Waals surface area contributed by atoms with Crippen LogP contribution in [0.25, 0.3) is 16.9 Å². The quantitative estimate of drug-likeness (QED) is 0.785. The third-order valence-corrected chi connectivity index (χ3v) is 4.31. The second-order valence-corrected chi connectivity index (χ2v) is 5.81. The van der Waals surface area contributed by atoms with E-state index in [4.69, 9.17) is 10.2 Å². The predicted molar refractivity (Wildman–Crippen MR) is 88.0 cm³/mol. The first kappa shape index (κ1) is 13.8. The molecule has 0 radical (unpaired) electrons. The molecule has 3 aromatic rings. The lowest BCUT2D eigenvalue weighted by molar-refractivity contribution is 0.0697. The highest BCUT2D eigenvalue weighted by Gasteiger charge is 2.18. The van der Waals surface area contributed by atoms with Gasteiger partial charge in [-0.1, -0.05) is 30.3 Å². The van der Waals surface area contributed by atoms with Crippen molar-refractivity contribution in [1.29, 1.82) is 0 Å². The number of hydrogen-bond donors (Lipinski definition) is 1. The van der Waals surface area contributed by atoms with E-state index in [2.05, 4.69) is 18.2 Å². The highest BCUT2D eigenvalue weighted by Crippen LogP contribution is 2.31. The molecule has 4 nitrogen and oxygen atoms in total. The maximum absolute atomic E-state index is 11.2. The molecule has 0 amide bonds. The summed E-state index contributed by atoms with van der Waals surface area (Å²) in [6.45, 7) is 0. The van der Waals surface area contributed by atoms with E-state index in [9.17, 15) is 4.79 Å². The van der Waals surface area contributed by atoms with Gasteiger partial charge in [-0.25, -0.2) is 9.48 Å². The van der Waals surface area contributed by atoms with Crippen LogP contribution < -0.4 is 0 Å². The normalized spacial score (nSPS) is 13.0. The second-order valence-electron chi connectivity index (χ2n) is 5.81. The zero-order chi connectivity index (χ0) is 15.8. The van der Waals surface area contributed by atoms with E-state index in [-0.39, 0.29) is 5.56 Å². The molecule has 0 saturated carbocycles. The van der Waals surface area contributed by atoms with E-state index >= 15 is 0 Å². The monoisotopic (exact) mass is 304 g/mol. The fourth-order valence-electron chi connectivity index (χ4n) is 3.17. The van der Waals surface area contributed by atoms with Gasteiger partial charge in [-0.2, -0.15) is 5.10 Å². The Kier molecular flexibility index (Phi) is 3.23. The number of fused-ring (bicyclic) bond motifs is 3. The Morgan fingerprint density at radius 1 is 1.04 bits per heavy atom. The van der Waals surface area contributed by atoms with Crippen LogP contribution in [0, 0.1) is 0 Å². The molecule has 0 saturated heterocycles. The smallest absolute Gasteiger partial charge is 0.335 e. The van der Waals surface area contributed by atoms with Gasteiger partial charge < -0.3 is 5.11 Å². The van der Waals surface area contributed by atoms with Gasteiger partial charge in [0.25, 0.3) is 0 Å². The minimum atomic E-state index is -0.925. The van der Waals surface area contributed by atoms with Crippen molar-refractivity contribution in [2.45, 2.75) is 19.3 Å². The number of aryl methyl sites for hydroxylation is 2. The highest BCUT2D eigenvalue weighted by molar-refractivity contribution is 5.88. The van der Waals surface area contributed by atoms with Gasteiger partial charge in [0, 0.05) is 11.8 Å². The molecule has 1 aliphatic rings. The Balaban J connectivity index is 1.84. The summed E-state index contributed by atoms with van der Waals surface area (Å²) in [6, 6.07) is 15.3. The molecule has 1 heterocycles. The molecule has 0 spiro atoms. The Labute approximate surface area is 134 Å². The predicted octanol–water partition coefficient (Wildman–Crippen LogP) is 3.73. The number of benzene rings is 2. The van der Waals surface area contributed by atoms with E-state index in [0.717, 1.165) is 30.6 Å². The van der Waals surface area contributed by atoms with Crippen LogP contribution in [-0.2, 0) is 12.8 Å². The molecule has 0 atom stereocenters. The van der Waals surface area contributed by atoms with Crippen LogP contribution >= 0.6 is 0 Å². The summed E-state index contributed by atoms with van der Waals surface area (Å²) < 4.78 is 1.79. The Morgan fingerprint density at radius 2 is 1.87 bits per heavy atom. The molecule has 2 aromatic carbocycles. The lowest BCUT2D eigenvalue weighted by atomic mass is 10.0. The van der Waals surface area contributed by atoms with Crippen LogP contribution in [0.1, 0.15) is 27.9 Å².